The van der Waals surface area contributed by atoms with E-state index in [1.165, 1.54) is 18.5 Å². The molecule has 0 aliphatic heterocycles. The van der Waals surface area contributed by atoms with Gasteiger partial charge in [-0.15, -0.1) is 0 Å². The van der Waals surface area contributed by atoms with Crippen LogP contribution in [0.25, 0.3) is 0 Å². The van der Waals surface area contributed by atoms with Crippen molar-refractivity contribution in [3.8, 4) is 0 Å². The van der Waals surface area contributed by atoms with Crippen LogP contribution in [0.15, 0.2) is 40.0 Å². The average molecular weight is 332 g/mol. The summed E-state index contributed by atoms with van der Waals surface area (Å²) >= 11 is 3.18. The summed E-state index contributed by atoms with van der Waals surface area (Å²) in [4.78, 5) is 0.0650. The van der Waals surface area contributed by atoms with Crippen molar-refractivity contribution < 1.29 is 13.5 Å². The highest BCUT2D eigenvalue weighted by Crippen LogP contribution is 2.25. The number of hydrogen-bond donors (Lipinski definition) is 3. The zero-order chi connectivity index (χ0) is 13.2. The van der Waals surface area contributed by atoms with Gasteiger partial charge in [0.2, 0.25) is 0 Å². The van der Waals surface area contributed by atoms with Crippen molar-refractivity contribution in [2.24, 2.45) is 0 Å². The van der Waals surface area contributed by atoms with Gasteiger partial charge in [0.25, 0.3) is 10.0 Å². The number of aliphatic hydroxyl groups excluding tert-OH is 1. The second-order valence-corrected chi connectivity index (χ2v) is 6.02. The van der Waals surface area contributed by atoms with E-state index >= 15 is 0 Å². The van der Waals surface area contributed by atoms with Gasteiger partial charge in [-0.3, -0.25) is 9.82 Å². The number of anilines is 1. The number of benzene rings is 1. The van der Waals surface area contributed by atoms with E-state index in [0.29, 0.717) is 15.7 Å². The van der Waals surface area contributed by atoms with Crippen LogP contribution in [-0.2, 0) is 16.6 Å². The molecule has 2 rings (SSSR count). The Morgan fingerprint density at radius 1 is 1.44 bits per heavy atom. The quantitative estimate of drug-likeness (QED) is 0.790. The molecule has 0 spiro atoms. The Bertz CT molecular complexity index is 640. The summed E-state index contributed by atoms with van der Waals surface area (Å²) in [6.45, 7) is -0.221. The molecule has 0 aliphatic carbocycles. The van der Waals surface area contributed by atoms with E-state index in [1.807, 2.05) is 0 Å². The molecule has 0 amide bonds. The second-order valence-electron chi connectivity index (χ2n) is 3.52. The Morgan fingerprint density at radius 2 is 2.22 bits per heavy atom. The van der Waals surface area contributed by atoms with Crippen LogP contribution < -0.4 is 4.72 Å². The van der Waals surface area contributed by atoms with Crippen LogP contribution in [0.2, 0.25) is 0 Å². The first-order chi connectivity index (χ1) is 8.53. The molecule has 3 N–H and O–H groups in total. The van der Waals surface area contributed by atoms with Gasteiger partial charge >= 0.3 is 0 Å². The van der Waals surface area contributed by atoms with Crippen molar-refractivity contribution in [2.45, 2.75) is 11.5 Å². The zero-order valence-electron chi connectivity index (χ0n) is 9.09. The SMILES string of the molecule is O=S(=O)(Nc1cn[nH]c1)c1cc(CO)ccc1Br. The van der Waals surface area contributed by atoms with Crippen molar-refractivity contribution in [3.63, 3.8) is 0 Å². The van der Waals surface area contributed by atoms with Gasteiger partial charge in [0.05, 0.1) is 18.5 Å². The molecule has 1 aromatic carbocycles. The van der Waals surface area contributed by atoms with Gasteiger partial charge in [0, 0.05) is 10.7 Å². The third-order valence-electron chi connectivity index (χ3n) is 2.22. The molecule has 0 atom stereocenters. The van der Waals surface area contributed by atoms with Crippen molar-refractivity contribution in [1.29, 1.82) is 0 Å². The first-order valence-corrected chi connectivity index (χ1v) is 7.21. The fraction of sp³-hybridized carbons (Fsp3) is 0.100. The first-order valence-electron chi connectivity index (χ1n) is 4.94. The van der Waals surface area contributed by atoms with Crippen LogP contribution in [-0.4, -0.2) is 23.7 Å². The van der Waals surface area contributed by atoms with E-state index in [1.54, 1.807) is 12.1 Å². The Balaban J connectivity index is 2.40. The summed E-state index contributed by atoms with van der Waals surface area (Å²) in [5.74, 6) is 0. The third kappa shape index (κ3) is 2.71. The summed E-state index contributed by atoms with van der Waals surface area (Å²) in [6, 6.07) is 4.63. The molecule has 0 unspecified atom stereocenters. The van der Waals surface area contributed by atoms with Gasteiger partial charge in [0.15, 0.2) is 0 Å². The number of rotatable bonds is 4. The van der Waals surface area contributed by atoms with Crippen molar-refractivity contribution in [3.05, 3.63) is 40.6 Å². The number of nitrogens with one attached hydrogen (secondary N) is 2. The van der Waals surface area contributed by atoms with Crippen molar-refractivity contribution in [1.82, 2.24) is 10.2 Å². The summed E-state index contributed by atoms with van der Waals surface area (Å²) in [6.07, 6.45) is 2.79. The smallest absolute Gasteiger partial charge is 0.263 e. The van der Waals surface area contributed by atoms with Gasteiger partial charge in [-0.2, -0.15) is 5.10 Å². The molecular formula is C10H10BrN3O3S. The maximum atomic E-state index is 12.1. The second kappa shape index (κ2) is 5.09. The van der Waals surface area contributed by atoms with Crippen LogP contribution in [0.3, 0.4) is 0 Å². The lowest BCUT2D eigenvalue weighted by Gasteiger charge is -2.09. The van der Waals surface area contributed by atoms with E-state index in [0.717, 1.165) is 0 Å². The van der Waals surface area contributed by atoms with Gasteiger partial charge in [0.1, 0.15) is 4.90 Å². The van der Waals surface area contributed by atoms with Gasteiger partial charge in [-0.25, -0.2) is 8.42 Å². The molecule has 18 heavy (non-hydrogen) atoms. The lowest BCUT2D eigenvalue weighted by Crippen LogP contribution is -2.13. The summed E-state index contributed by atoms with van der Waals surface area (Å²) in [7, 11) is -3.71. The lowest BCUT2D eigenvalue weighted by atomic mass is 10.2. The Morgan fingerprint density at radius 3 is 2.83 bits per heavy atom. The molecule has 2 aromatic rings. The Hall–Kier alpha value is -1.38. The van der Waals surface area contributed by atoms with Crippen LogP contribution in [0, 0.1) is 0 Å². The van der Waals surface area contributed by atoms with Crippen LogP contribution in [0.4, 0.5) is 5.69 Å². The monoisotopic (exact) mass is 331 g/mol. The van der Waals surface area contributed by atoms with Crippen molar-refractivity contribution in [2.75, 3.05) is 4.72 Å². The molecule has 1 heterocycles. The number of H-pyrrole nitrogens is 1. The minimum Gasteiger partial charge on any atom is -0.392 e. The molecule has 0 radical (unpaired) electrons. The van der Waals surface area contributed by atoms with Crippen LogP contribution in [0.1, 0.15) is 5.56 Å². The number of hydrogen-bond acceptors (Lipinski definition) is 4. The summed E-state index contributed by atoms with van der Waals surface area (Å²) in [5, 5.41) is 15.2. The number of halogens is 1. The molecule has 0 aliphatic rings. The van der Waals surface area contributed by atoms with Gasteiger partial charge in [-0.1, -0.05) is 6.07 Å². The maximum absolute atomic E-state index is 12.1. The van der Waals surface area contributed by atoms with E-state index in [4.69, 9.17) is 5.11 Å². The van der Waals surface area contributed by atoms with Crippen LogP contribution in [0.5, 0.6) is 0 Å². The van der Waals surface area contributed by atoms with Gasteiger partial charge < -0.3 is 5.11 Å². The topological polar surface area (TPSA) is 95.1 Å². The van der Waals surface area contributed by atoms with Crippen molar-refractivity contribution >= 4 is 31.6 Å². The highest BCUT2D eigenvalue weighted by Gasteiger charge is 2.18. The first kappa shape index (κ1) is 13.1. The zero-order valence-corrected chi connectivity index (χ0v) is 11.5. The molecule has 0 bridgehead atoms. The minimum atomic E-state index is -3.71. The average Bonchev–Trinajstić information content (AvgIpc) is 2.81. The highest BCUT2D eigenvalue weighted by atomic mass is 79.9. The summed E-state index contributed by atoms with van der Waals surface area (Å²) in [5.41, 5.74) is 0.863. The highest BCUT2D eigenvalue weighted by molar-refractivity contribution is 9.10. The molecular weight excluding hydrogens is 322 g/mol. The van der Waals surface area contributed by atoms with Crippen LogP contribution >= 0.6 is 15.9 Å². The number of aliphatic hydroxyl groups is 1. The van der Waals surface area contributed by atoms with Gasteiger partial charge in [-0.05, 0) is 33.6 Å². The fourth-order valence-electron chi connectivity index (χ4n) is 1.37. The molecule has 1 aromatic heterocycles. The Labute approximate surface area is 112 Å². The normalized spacial score (nSPS) is 11.4. The number of aromatic amines is 1. The number of nitrogens with zero attached hydrogens (tertiary/aromatic N) is 1. The molecule has 0 saturated heterocycles. The minimum absolute atomic E-state index is 0.0650. The maximum Gasteiger partial charge on any atom is 0.263 e. The number of aromatic nitrogens is 2. The largest absolute Gasteiger partial charge is 0.392 e. The predicted octanol–water partition coefficient (Wildman–Crippen LogP) is 1.47. The standard InChI is InChI=1S/C10H10BrN3O3S/c11-9-2-1-7(6-15)3-10(9)18(16,17)14-8-4-12-13-5-8/h1-5,14-15H,6H2,(H,12,13). The molecule has 8 heteroatoms. The van der Waals surface area contributed by atoms with E-state index in [-0.39, 0.29) is 11.5 Å². The third-order valence-corrected chi connectivity index (χ3v) is 4.59. The molecule has 0 fully saturated rings. The number of sulfonamides is 1. The molecule has 0 saturated carbocycles. The fourth-order valence-corrected chi connectivity index (χ4v) is 3.42. The Kier molecular flexibility index (Phi) is 3.69. The predicted molar refractivity (Wildman–Crippen MR) is 69.5 cm³/mol. The van der Waals surface area contributed by atoms with E-state index in [9.17, 15) is 8.42 Å². The molecule has 6 nitrogen and oxygen atoms in total. The van der Waals surface area contributed by atoms with E-state index in [2.05, 4.69) is 30.8 Å². The molecule has 96 valence electrons. The summed E-state index contributed by atoms with van der Waals surface area (Å²) < 4.78 is 27.0. The van der Waals surface area contributed by atoms with E-state index < -0.39 is 10.0 Å². The lowest BCUT2D eigenvalue weighted by molar-refractivity contribution is 0.281.